The summed E-state index contributed by atoms with van der Waals surface area (Å²) in [6, 6.07) is 5.26. The highest BCUT2D eigenvalue weighted by atomic mass is 19.4. The van der Waals surface area contributed by atoms with Crippen molar-refractivity contribution in [3.8, 4) is 0 Å². The van der Waals surface area contributed by atoms with Gasteiger partial charge < -0.3 is 19.8 Å². The normalized spacial score (nSPS) is 21.1. The van der Waals surface area contributed by atoms with E-state index >= 15 is 0 Å². The lowest BCUT2D eigenvalue weighted by molar-refractivity contribution is -0.192. The first-order chi connectivity index (χ1) is 15.3. The lowest BCUT2D eigenvalue weighted by Crippen LogP contribution is -2.46. The molecule has 1 atom stereocenters. The molecule has 0 radical (unpaired) electrons. The molecular weight excluding hydrogens is 445 g/mol. The average molecular weight is 472 g/mol. The van der Waals surface area contributed by atoms with Gasteiger partial charge in [-0.25, -0.2) is 4.79 Å². The third-order valence-corrected chi connectivity index (χ3v) is 5.44. The van der Waals surface area contributed by atoms with E-state index in [1.54, 1.807) is 41.2 Å². The maximum atomic E-state index is 12.9. The Morgan fingerprint density at radius 1 is 1.09 bits per heavy atom. The van der Waals surface area contributed by atoms with E-state index < -0.39 is 17.6 Å². The van der Waals surface area contributed by atoms with Crippen LogP contribution in [0.2, 0.25) is 0 Å². The molecule has 0 aromatic carbocycles. The van der Waals surface area contributed by atoms with Crippen molar-refractivity contribution in [2.75, 3.05) is 39.8 Å². The highest BCUT2D eigenvalue weighted by Crippen LogP contribution is 2.35. The van der Waals surface area contributed by atoms with Crippen LogP contribution in [-0.2, 0) is 14.4 Å². The Morgan fingerprint density at radius 2 is 1.67 bits per heavy atom. The zero-order chi connectivity index (χ0) is 25.0. The number of carboxylic acid groups (broad SMARTS) is 1. The zero-order valence-electron chi connectivity index (χ0n) is 18.6. The van der Waals surface area contributed by atoms with Crippen LogP contribution in [0.1, 0.15) is 30.8 Å². The number of aliphatic carboxylic acids is 1. The fourth-order valence-corrected chi connectivity index (χ4v) is 3.95. The SMILES string of the molecule is CC(C)C(=O)N1CCN(C(=O)c2ccccn2)CC2(CC(=O)N(C)C2)C1.O=C(O)C(F)(F)F. The highest BCUT2D eigenvalue weighted by Gasteiger charge is 2.47. The number of aromatic nitrogens is 1. The number of amides is 3. The molecule has 2 aliphatic rings. The minimum absolute atomic E-state index is 0.0640. The van der Waals surface area contributed by atoms with Crippen molar-refractivity contribution < 1.29 is 37.5 Å². The number of hydrogen-bond acceptors (Lipinski definition) is 5. The zero-order valence-corrected chi connectivity index (χ0v) is 18.6. The van der Waals surface area contributed by atoms with Gasteiger partial charge in [0.2, 0.25) is 11.8 Å². The maximum absolute atomic E-state index is 12.9. The summed E-state index contributed by atoms with van der Waals surface area (Å²) in [7, 11) is 1.78. The van der Waals surface area contributed by atoms with Crippen molar-refractivity contribution >= 4 is 23.7 Å². The first-order valence-corrected chi connectivity index (χ1v) is 10.3. The Kier molecular flexibility index (Phi) is 8.04. The quantitative estimate of drug-likeness (QED) is 0.699. The third kappa shape index (κ3) is 6.65. The summed E-state index contributed by atoms with van der Waals surface area (Å²) in [5.74, 6) is -2.88. The van der Waals surface area contributed by atoms with Crippen LogP contribution in [0.25, 0.3) is 0 Å². The van der Waals surface area contributed by atoms with Crippen LogP contribution in [0.4, 0.5) is 13.2 Å². The van der Waals surface area contributed by atoms with Gasteiger partial charge in [0, 0.05) is 63.7 Å². The van der Waals surface area contributed by atoms with Gasteiger partial charge in [0.05, 0.1) is 0 Å². The maximum Gasteiger partial charge on any atom is 0.490 e. The second-order valence-electron chi connectivity index (χ2n) is 8.59. The standard InChI is InChI=1S/C19H26N4O3.C2HF3O2/c1-14(2)17(25)22-8-9-23(18(26)15-6-4-5-7-20-15)13-19(12-22)10-16(24)21(3)11-19;3-2(4,5)1(6)7/h4-7,14H,8-13H2,1-3H3;(H,6,7). The van der Waals surface area contributed by atoms with E-state index in [2.05, 4.69) is 4.98 Å². The summed E-state index contributed by atoms with van der Waals surface area (Å²) >= 11 is 0. The molecule has 1 spiro atoms. The first kappa shape index (κ1) is 26.1. The van der Waals surface area contributed by atoms with Crippen molar-refractivity contribution in [3.05, 3.63) is 30.1 Å². The molecule has 1 N–H and O–H groups in total. The fourth-order valence-electron chi connectivity index (χ4n) is 3.95. The number of pyridine rings is 1. The predicted octanol–water partition coefficient (Wildman–Crippen LogP) is 1.50. The van der Waals surface area contributed by atoms with Crippen LogP contribution in [0.3, 0.4) is 0 Å². The van der Waals surface area contributed by atoms with Gasteiger partial charge in [0.25, 0.3) is 5.91 Å². The molecule has 3 amide bonds. The Bertz CT molecular complexity index is 894. The number of carboxylic acids is 1. The summed E-state index contributed by atoms with van der Waals surface area (Å²) in [6.07, 6.45) is -3.13. The summed E-state index contributed by atoms with van der Waals surface area (Å²) < 4.78 is 31.7. The number of carbonyl (C=O) groups excluding carboxylic acids is 3. The van der Waals surface area contributed by atoms with Gasteiger partial charge in [-0.1, -0.05) is 19.9 Å². The summed E-state index contributed by atoms with van der Waals surface area (Å²) in [6.45, 7) is 6.21. The minimum atomic E-state index is -5.08. The van der Waals surface area contributed by atoms with Gasteiger partial charge in [-0.3, -0.25) is 19.4 Å². The number of alkyl halides is 3. The van der Waals surface area contributed by atoms with E-state index in [1.807, 2.05) is 18.7 Å². The third-order valence-electron chi connectivity index (χ3n) is 5.44. The molecular formula is C21H27F3N4O5. The van der Waals surface area contributed by atoms with Crippen LogP contribution in [0.5, 0.6) is 0 Å². The van der Waals surface area contributed by atoms with E-state index in [9.17, 15) is 27.6 Å². The first-order valence-electron chi connectivity index (χ1n) is 10.3. The van der Waals surface area contributed by atoms with E-state index in [0.717, 1.165) is 0 Å². The molecule has 182 valence electrons. The molecule has 9 nitrogen and oxygen atoms in total. The topological polar surface area (TPSA) is 111 Å². The Morgan fingerprint density at radius 3 is 2.12 bits per heavy atom. The molecule has 12 heteroatoms. The molecule has 2 saturated heterocycles. The summed E-state index contributed by atoms with van der Waals surface area (Å²) in [5, 5.41) is 7.12. The number of carbonyl (C=O) groups is 4. The summed E-state index contributed by atoms with van der Waals surface area (Å²) in [5.41, 5.74) is -0.0268. The molecule has 2 fully saturated rings. The minimum Gasteiger partial charge on any atom is -0.475 e. The second-order valence-corrected chi connectivity index (χ2v) is 8.59. The van der Waals surface area contributed by atoms with E-state index in [1.165, 1.54) is 0 Å². The van der Waals surface area contributed by atoms with Gasteiger partial charge in [0.1, 0.15) is 5.69 Å². The van der Waals surface area contributed by atoms with E-state index in [-0.39, 0.29) is 23.6 Å². The van der Waals surface area contributed by atoms with Gasteiger partial charge in [-0.15, -0.1) is 0 Å². The summed E-state index contributed by atoms with van der Waals surface area (Å²) in [4.78, 5) is 56.1. The van der Waals surface area contributed by atoms with Gasteiger partial charge in [-0.2, -0.15) is 13.2 Å². The molecule has 1 unspecified atom stereocenters. The molecule has 0 bridgehead atoms. The van der Waals surface area contributed by atoms with Crippen molar-refractivity contribution in [2.45, 2.75) is 26.4 Å². The lowest BCUT2D eigenvalue weighted by atomic mass is 9.85. The molecule has 1 aromatic heterocycles. The molecule has 1 aromatic rings. The largest absolute Gasteiger partial charge is 0.490 e. The molecule has 0 aliphatic carbocycles. The molecule has 3 heterocycles. The van der Waals surface area contributed by atoms with Crippen LogP contribution in [0, 0.1) is 11.3 Å². The Hall–Kier alpha value is -3.18. The van der Waals surface area contributed by atoms with Crippen molar-refractivity contribution in [1.29, 1.82) is 0 Å². The number of rotatable bonds is 2. The monoisotopic (exact) mass is 472 g/mol. The van der Waals surface area contributed by atoms with Gasteiger partial charge in [0.15, 0.2) is 0 Å². The van der Waals surface area contributed by atoms with Crippen LogP contribution in [0.15, 0.2) is 24.4 Å². The number of likely N-dealkylation sites (tertiary alicyclic amines) is 1. The number of hydrogen-bond donors (Lipinski definition) is 1. The fraction of sp³-hybridized carbons (Fsp3) is 0.571. The van der Waals surface area contributed by atoms with Crippen LogP contribution in [-0.4, -0.2) is 94.4 Å². The van der Waals surface area contributed by atoms with Crippen molar-refractivity contribution in [2.24, 2.45) is 11.3 Å². The molecule has 3 rings (SSSR count). The van der Waals surface area contributed by atoms with E-state index in [4.69, 9.17) is 9.90 Å². The highest BCUT2D eigenvalue weighted by molar-refractivity contribution is 5.92. The molecule has 2 aliphatic heterocycles. The average Bonchev–Trinajstić information content (AvgIpc) is 2.90. The van der Waals surface area contributed by atoms with Crippen LogP contribution < -0.4 is 0 Å². The van der Waals surface area contributed by atoms with E-state index in [0.29, 0.717) is 44.8 Å². The molecule has 0 saturated carbocycles. The van der Waals surface area contributed by atoms with Crippen molar-refractivity contribution in [1.82, 2.24) is 19.7 Å². The Labute approximate surface area is 189 Å². The lowest BCUT2D eigenvalue weighted by Gasteiger charge is -2.33. The van der Waals surface area contributed by atoms with Gasteiger partial charge in [-0.05, 0) is 12.1 Å². The molecule has 33 heavy (non-hydrogen) atoms. The van der Waals surface area contributed by atoms with Gasteiger partial charge >= 0.3 is 12.1 Å². The predicted molar refractivity (Wildman–Crippen MR) is 110 cm³/mol. The van der Waals surface area contributed by atoms with Crippen molar-refractivity contribution in [3.63, 3.8) is 0 Å². The second kappa shape index (κ2) is 10.2. The number of halogens is 3. The number of nitrogens with zero attached hydrogens (tertiary/aromatic N) is 4. The Balaban J connectivity index is 0.000000479. The van der Waals surface area contributed by atoms with Crippen LogP contribution >= 0.6 is 0 Å². The smallest absolute Gasteiger partial charge is 0.475 e.